The number of amides is 1. The lowest BCUT2D eigenvalue weighted by Gasteiger charge is -2.14. The van der Waals surface area contributed by atoms with E-state index in [0.29, 0.717) is 17.4 Å². The van der Waals surface area contributed by atoms with Crippen LogP contribution in [0.2, 0.25) is 0 Å². The third kappa shape index (κ3) is 4.11. The summed E-state index contributed by atoms with van der Waals surface area (Å²) in [6.45, 7) is 10.3. The van der Waals surface area contributed by atoms with Gasteiger partial charge in [-0.3, -0.25) is 9.48 Å². The fourth-order valence-electron chi connectivity index (χ4n) is 3.10. The minimum Gasteiger partial charge on any atom is -0.485 e. The van der Waals surface area contributed by atoms with Crippen LogP contribution >= 0.6 is 0 Å². The Morgan fingerprint density at radius 3 is 2.61 bits per heavy atom. The molecule has 1 amide bonds. The first-order chi connectivity index (χ1) is 13.3. The zero-order valence-corrected chi connectivity index (χ0v) is 17.3. The molecule has 0 saturated carbocycles. The second-order valence-electron chi connectivity index (χ2n) is 7.37. The topological polar surface area (TPSA) is 69.3 Å². The van der Waals surface area contributed by atoms with E-state index in [2.05, 4.69) is 36.4 Å². The van der Waals surface area contributed by atoms with Crippen molar-refractivity contribution < 1.29 is 13.9 Å². The highest BCUT2D eigenvalue weighted by molar-refractivity contribution is 6.02. The second kappa shape index (κ2) is 7.92. The summed E-state index contributed by atoms with van der Waals surface area (Å²) in [4.78, 5) is 12.5. The molecule has 0 aliphatic heterocycles. The third-order valence-electron chi connectivity index (χ3n) is 4.79. The highest BCUT2D eigenvalue weighted by Crippen LogP contribution is 2.28. The molecule has 3 aromatic rings. The van der Waals surface area contributed by atoms with Gasteiger partial charge in [-0.15, -0.1) is 0 Å². The Morgan fingerprint density at radius 1 is 1.21 bits per heavy atom. The van der Waals surface area contributed by atoms with Crippen molar-refractivity contribution in [3.63, 3.8) is 0 Å². The number of ether oxygens (including phenoxy) is 1. The van der Waals surface area contributed by atoms with E-state index in [9.17, 15) is 4.79 Å². The number of anilines is 1. The van der Waals surface area contributed by atoms with Gasteiger partial charge in [0.25, 0.3) is 5.91 Å². The molecule has 0 aliphatic carbocycles. The number of aryl methyl sites for hydroxylation is 3. The molecule has 3 rings (SSSR count). The zero-order chi connectivity index (χ0) is 20.4. The average molecular weight is 381 g/mol. The molecule has 0 aliphatic rings. The van der Waals surface area contributed by atoms with E-state index >= 15 is 0 Å². The lowest BCUT2D eigenvalue weighted by molar-refractivity contribution is 0.0992. The molecule has 6 heteroatoms. The maximum absolute atomic E-state index is 12.5. The van der Waals surface area contributed by atoms with Crippen molar-refractivity contribution in [2.75, 3.05) is 5.32 Å². The number of carbonyl (C=O) groups excluding carboxylic acids is 1. The SMILES string of the molecule is Cc1ccc(C(C)C)c(OCc2ccc(C(=O)Nc3c(C)nn(C)c3C)o2)c1. The van der Waals surface area contributed by atoms with Gasteiger partial charge >= 0.3 is 0 Å². The molecule has 2 heterocycles. The summed E-state index contributed by atoms with van der Waals surface area (Å²) in [6.07, 6.45) is 0. The summed E-state index contributed by atoms with van der Waals surface area (Å²) in [5.74, 6) is 1.75. The zero-order valence-electron chi connectivity index (χ0n) is 17.3. The van der Waals surface area contributed by atoms with Gasteiger partial charge in [0, 0.05) is 7.05 Å². The molecule has 6 nitrogen and oxygen atoms in total. The van der Waals surface area contributed by atoms with Crippen LogP contribution in [0.3, 0.4) is 0 Å². The smallest absolute Gasteiger partial charge is 0.291 e. The first-order valence-electron chi connectivity index (χ1n) is 9.40. The maximum atomic E-state index is 12.5. The molecular weight excluding hydrogens is 354 g/mol. The van der Waals surface area contributed by atoms with E-state index in [4.69, 9.17) is 9.15 Å². The first kappa shape index (κ1) is 19.7. The van der Waals surface area contributed by atoms with Crippen LogP contribution in [0, 0.1) is 20.8 Å². The first-order valence-corrected chi connectivity index (χ1v) is 9.40. The Morgan fingerprint density at radius 2 is 1.96 bits per heavy atom. The molecule has 28 heavy (non-hydrogen) atoms. The van der Waals surface area contributed by atoms with Gasteiger partial charge < -0.3 is 14.5 Å². The van der Waals surface area contributed by atoms with Crippen molar-refractivity contribution in [3.8, 4) is 5.75 Å². The number of carbonyl (C=O) groups is 1. The van der Waals surface area contributed by atoms with Crippen molar-refractivity contribution >= 4 is 11.6 Å². The number of furan rings is 1. The number of rotatable bonds is 6. The van der Waals surface area contributed by atoms with E-state index < -0.39 is 0 Å². The molecule has 1 N–H and O–H groups in total. The summed E-state index contributed by atoms with van der Waals surface area (Å²) in [6, 6.07) is 9.63. The predicted molar refractivity (Wildman–Crippen MR) is 109 cm³/mol. The number of hydrogen-bond donors (Lipinski definition) is 1. The lowest BCUT2D eigenvalue weighted by Crippen LogP contribution is -2.12. The van der Waals surface area contributed by atoms with Crippen molar-refractivity contribution in [2.45, 2.75) is 47.1 Å². The lowest BCUT2D eigenvalue weighted by atomic mass is 10.0. The van der Waals surface area contributed by atoms with Crippen LogP contribution in [-0.2, 0) is 13.7 Å². The van der Waals surface area contributed by atoms with Crippen LogP contribution in [0.25, 0.3) is 0 Å². The summed E-state index contributed by atoms with van der Waals surface area (Å²) >= 11 is 0. The number of aromatic nitrogens is 2. The standard InChI is InChI=1S/C22H27N3O3/c1-13(2)18-9-7-14(3)11-20(18)27-12-17-8-10-19(28-17)22(26)23-21-15(4)24-25(6)16(21)5/h7-11,13H,12H2,1-6H3,(H,23,26). The monoisotopic (exact) mass is 381 g/mol. The van der Waals surface area contributed by atoms with Crippen LogP contribution in [0.4, 0.5) is 5.69 Å². The quantitative estimate of drug-likeness (QED) is 0.660. The molecule has 0 unspecified atom stereocenters. The maximum Gasteiger partial charge on any atom is 0.291 e. The van der Waals surface area contributed by atoms with Crippen LogP contribution in [0.5, 0.6) is 5.75 Å². The van der Waals surface area contributed by atoms with Crippen molar-refractivity contribution in [1.29, 1.82) is 0 Å². The second-order valence-corrected chi connectivity index (χ2v) is 7.37. The van der Waals surface area contributed by atoms with Gasteiger partial charge in [0.05, 0.1) is 17.1 Å². The number of nitrogens with one attached hydrogen (secondary N) is 1. The molecule has 0 fully saturated rings. The molecular formula is C22H27N3O3. The van der Waals surface area contributed by atoms with Gasteiger partial charge in [0.15, 0.2) is 5.76 Å². The van der Waals surface area contributed by atoms with E-state index in [1.165, 1.54) is 0 Å². The van der Waals surface area contributed by atoms with Gasteiger partial charge in [-0.2, -0.15) is 5.10 Å². The normalized spacial score (nSPS) is 11.1. The third-order valence-corrected chi connectivity index (χ3v) is 4.79. The number of nitrogens with zero attached hydrogens (tertiary/aromatic N) is 2. The number of benzene rings is 1. The van der Waals surface area contributed by atoms with Crippen molar-refractivity contribution in [1.82, 2.24) is 9.78 Å². The largest absolute Gasteiger partial charge is 0.485 e. The molecule has 0 spiro atoms. The summed E-state index contributed by atoms with van der Waals surface area (Å²) in [5, 5.41) is 7.18. The van der Waals surface area contributed by atoms with Crippen LogP contribution in [0.1, 0.15) is 58.6 Å². The van der Waals surface area contributed by atoms with Gasteiger partial charge in [0.1, 0.15) is 18.1 Å². The van der Waals surface area contributed by atoms with Gasteiger partial charge in [-0.05, 0) is 56.0 Å². The van der Waals surface area contributed by atoms with Crippen LogP contribution < -0.4 is 10.1 Å². The van der Waals surface area contributed by atoms with E-state index in [0.717, 1.165) is 28.3 Å². The minimum atomic E-state index is -0.302. The van der Waals surface area contributed by atoms with Gasteiger partial charge in [-0.1, -0.05) is 26.0 Å². The Balaban J connectivity index is 1.69. The Kier molecular flexibility index (Phi) is 5.58. The van der Waals surface area contributed by atoms with Crippen LogP contribution in [-0.4, -0.2) is 15.7 Å². The molecule has 1 aromatic carbocycles. The minimum absolute atomic E-state index is 0.245. The predicted octanol–water partition coefficient (Wildman–Crippen LogP) is 4.89. The summed E-state index contributed by atoms with van der Waals surface area (Å²) in [7, 11) is 1.84. The molecule has 0 atom stereocenters. The van der Waals surface area contributed by atoms with E-state index in [1.807, 2.05) is 33.9 Å². The molecule has 0 saturated heterocycles. The summed E-state index contributed by atoms with van der Waals surface area (Å²) in [5.41, 5.74) is 4.66. The average Bonchev–Trinajstić information content (AvgIpc) is 3.20. The highest BCUT2D eigenvalue weighted by atomic mass is 16.5. The molecule has 0 radical (unpaired) electrons. The van der Waals surface area contributed by atoms with Gasteiger partial charge in [-0.25, -0.2) is 0 Å². The van der Waals surface area contributed by atoms with Crippen molar-refractivity contribution in [3.05, 3.63) is 64.4 Å². The fraction of sp³-hybridized carbons (Fsp3) is 0.364. The molecule has 148 valence electrons. The molecule has 2 aromatic heterocycles. The van der Waals surface area contributed by atoms with E-state index in [1.54, 1.807) is 16.8 Å². The molecule has 0 bridgehead atoms. The summed E-state index contributed by atoms with van der Waals surface area (Å²) < 4.78 is 13.4. The fourth-order valence-corrected chi connectivity index (χ4v) is 3.10. The highest BCUT2D eigenvalue weighted by Gasteiger charge is 2.17. The number of hydrogen-bond acceptors (Lipinski definition) is 4. The van der Waals surface area contributed by atoms with Crippen LogP contribution in [0.15, 0.2) is 34.7 Å². The van der Waals surface area contributed by atoms with Gasteiger partial charge in [0.2, 0.25) is 0 Å². The Bertz CT molecular complexity index is 999. The Labute approximate surface area is 165 Å². The van der Waals surface area contributed by atoms with Crippen molar-refractivity contribution in [2.24, 2.45) is 7.05 Å². The van der Waals surface area contributed by atoms with E-state index in [-0.39, 0.29) is 18.3 Å². The Hall–Kier alpha value is -3.02.